The molecular weight excluding hydrogens is 382 g/mol. The number of amides is 2. The molecule has 0 radical (unpaired) electrons. The van der Waals surface area contributed by atoms with E-state index in [2.05, 4.69) is 18.3 Å². The number of anilines is 1. The summed E-state index contributed by atoms with van der Waals surface area (Å²) in [6.07, 6.45) is 1.42. The van der Waals surface area contributed by atoms with Crippen molar-refractivity contribution in [2.45, 2.75) is 31.9 Å². The van der Waals surface area contributed by atoms with Crippen molar-refractivity contribution in [3.63, 3.8) is 0 Å². The molecule has 1 saturated heterocycles. The summed E-state index contributed by atoms with van der Waals surface area (Å²) >= 11 is 1.28. The second-order valence-corrected chi connectivity index (χ2v) is 8.06. The third-order valence-electron chi connectivity index (χ3n) is 4.84. The van der Waals surface area contributed by atoms with Crippen LogP contribution >= 0.6 is 11.8 Å². The minimum absolute atomic E-state index is 0.0443. The number of hydrogen-bond acceptors (Lipinski definition) is 4. The summed E-state index contributed by atoms with van der Waals surface area (Å²) in [4.78, 5) is 27.1. The average molecular weight is 406 g/mol. The van der Waals surface area contributed by atoms with Crippen LogP contribution in [-0.4, -0.2) is 24.1 Å². The molecule has 2 aromatic rings. The Labute approximate surface area is 175 Å². The van der Waals surface area contributed by atoms with Gasteiger partial charge in [-0.15, -0.1) is 0 Å². The molecule has 0 spiro atoms. The maximum absolute atomic E-state index is 13.3. The normalized spacial score (nSPS) is 17.8. The van der Waals surface area contributed by atoms with Gasteiger partial charge >= 0.3 is 0 Å². The van der Waals surface area contributed by atoms with Gasteiger partial charge in [-0.1, -0.05) is 60.6 Å². The predicted molar refractivity (Wildman–Crippen MR) is 116 cm³/mol. The molecule has 3 rings (SSSR count). The number of thioether (sulfide) groups is 1. The van der Waals surface area contributed by atoms with Gasteiger partial charge in [-0.05, 0) is 43.0 Å². The van der Waals surface area contributed by atoms with Gasteiger partial charge in [0.15, 0.2) is 0 Å². The van der Waals surface area contributed by atoms with E-state index in [0.717, 1.165) is 23.1 Å². The fraction of sp³-hybridized carbons (Fsp3) is 0.261. The Morgan fingerprint density at radius 3 is 2.52 bits per heavy atom. The van der Waals surface area contributed by atoms with E-state index >= 15 is 0 Å². The van der Waals surface area contributed by atoms with Crippen LogP contribution in [0.2, 0.25) is 0 Å². The summed E-state index contributed by atoms with van der Waals surface area (Å²) in [5.41, 5.74) is 3.96. The van der Waals surface area contributed by atoms with Gasteiger partial charge in [-0.2, -0.15) is 5.26 Å². The first-order valence-electron chi connectivity index (χ1n) is 9.50. The van der Waals surface area contributed by atoms with E-state index in [-0.39, 0.29) is 11.5 Å². The predicted octanol–water partition coefficient (Wildman–Crippen LogP) is 3.73. The largest absolute Gasteiger partial charge is 0.354 e. The Morgan fingerprint density at radius 1 is 1.21 bits per heavy atom. The SMILES string of the molecule is CCc1ccc(N2C(=O)C(Cc3cccc(C)c3)S/C2=C(/C#N)C(=O)NC)cc1. The van der Waals surface area contributed by atoms with Gasteiger partial charge in [0.1, 0.15) is 16.7 Å². The highest BCUT2D eigenvalue weighted by atomic mass is 32.2. The summed E-state index contributed by atoms with van der Waals surface area (Å²) < 4.78 is 0. The van der Waals surface area contributed by atoms with Gasteiger partial charge in [0.05, 0.1) is 5.25 Å². The zero-order chi connectivity index (χ0) is 21.0. The molecule has 0 aromatic heterocycles. The van der Waals surface area contributed by atoms with Crippen LogP contribution in [0.1, 0.15) is 23.6 Å². The van der Waals surface area contributed by atoms with E-state index in [4.69, 9.17) is 0 Å². The van der Waals surface area contributed by atoms with Crippen molar-refractivity contribution in [1.82, 2.24) is 5.32 Å². The van der Waals surface area contributed by atoms with Crippen LogP contribution in [0.4, 0.5) is 5.69 Å². The van der Waals surface area contributed by atoms with E-state index in [0.29, 0.717) is 17.1 Å². The van der Waals surface area contributed by atoms with E-state index in [9.17, 15) is 14.9 Å². The molecule has 0 aliphatic carbocycles. The number of carbonyl (C=O) groups excluding carboxylic acids is 2. The minimum atomic E-state index is -0.491. The molecule has 1 aliphatic rings. The van der Waals surface area contributed by atoms with Crippen molar-refractivity contribution < 1.29 is 9.59 Å². The van der Waals surface area contributed by atoms with Crippen LogP contribution in [0.25, 0.3) is 0 Å². The van der Waals surface area contributed by atoms with Gasteiger partial charge in [0.25, 0.3) is 5.91 Å². The highest BCUT2D eigenvalue weighted by Crippen LogP contribution is 2.42. The van der Waals surface area contributed by atoms with Gasteiger partial charge < -0.3 is 5.32 Å². The summed E-state index contributed by atoms with van der Waals surface area (Å²) in [5.74, 6) is -0.610. The third kappa shape index (κ3) is 4.36. The Bertz CT molecular complexity index is 1010. The summed E-state index contributed by atoms with van der Waals surface area (Å²) in [7, 11) is 1.48. The van der Waals surface area contributed by atoms with Gasteiger partial charge in [-0.25, -0.2) is 0 Å². The van der Waals surface area contributed by atoms with E-state index in [1.807, 2.05) is 55.5 Å². The van der Waals surface area contributed by atoms with Crippen LogP contribution in [-0.2, 0) is 22.4 Å². The molecule has 5 nitrogen and oxygen atoms in total. The Balaban J connectivity index is 2.03. The monoisotopic (exact) mass is 405 g/mol. The number of benzene rings is 2. The third-order valence-corrected chi connectivity index (χ3v) is 6.10. The van der Waals surface area contributed by atoms with Crippen LogP contribution < -0.4 is 10.2 Å². The zero-order valence-electron chi connectivity index (χ0n) is 16.7. The number of rotatable bonds is 5. The smallest absolute Gasteiger partial charge is 0.264 e. The first kappa shape index (κ1) is 20.7. The average Bonchev–Trinajstić information content (AvgIpc) is 3.04. The number of nitrogens with one attached hydrogen (secondary N) is 1. The number of hydrogen-bond donors (Lipinski definition) is 1. The van der Waals surface area contributed by atoms with Crippen LogP contribution in [0.5, 0.6) is 0 Å². The second-order valence-electron chi connectivity index (χ2n) is 6.86. The fourth-order valence-electron chi connectivity index (χ4n) is 3.28. The van der Waals surface area contributed by atoms with Gasteiger partial charge in [0.2, 0.25) is 5.91 Å². The first-order chi connectivity index (χ1) is 14.0. The molecule has 1 fully saturated rings. The summed E-state index contributed by atoms with van der Waals surface area (Å²) in [5, 5.41) is 12.1. The molecule has 1 N–H and O–H groups in total. The Hall–Kier alpha value is -3.04. The first-order valence-corrected chi connectivity index (χ1v) is 10.4. The topological polar surface area (TPSA) is 73.2 Å². The van der Waals surface area contributed by atoms with Crippen LogP contribution in [0, 0.1) is 18.3 Å². The standard InChI is InChI=1S/C23H23N3O2S/c1-4-16-8-10-18(11-9-16)26-22(28)20(13-17-7-5-6-15(2)12-17)29-23(26)19(14-24)21(27)25-3/h5-12,20H,4,13H2,1-3H3,(H,25,27)/b23-19-. The van der Waals surface area contributed by atoms with Crippen molar-refractivity contribution in [2.24, 2.45) is 0 Å². The quantitative estimate of drug-likeness (QED) is 0.608. The maximum Gasteiger partial charge on any atom is 0.264 e. The lowest BCUT2D eigenvalue weighted by Crippen LogP contribution is -2.31. The molecule has 1 atom stereocenters. The fourth-order valence-corrected chi connectivity index (χ4v) is 4.59. The molecule has 1 unspecified atom stereocenters. The molecule has 2 aromatic carbocycles. The Morgan fingerprint density at radius 2 is 1.93 bits per heavy atom. The zero-order valence-corrected chi connectivity index (χ0v) is 17.5. The van der Waals surface area contributed by atoms with Crippen molar-refractivity contribution in [2.75, 3.05) is 11.9 Å². The maximum atomic E-state index is 13.3. The lowest BCUT2D eigenvalue weighted by Gasteiger charge is -2.19. The highest BCUT2D eigenvalue weighted by molar-refractivity contribution is 8.05. The number of nitriles is 1. The molecule has 1 heterocycles. The molecule has 0 bridgehead atoms. The molecule has 29 heavy (non-hydrogen) atoms. The number of carbonyl (C=O) groups is 2. The highest BCUT2D eigenvalue weighted by Gasteiger charge is 2.40. The van der Waals surface area contributed by atoms with Crippen molar-refractivity contribution in [3.05, 3.63) is 75.8 Å². The molecule has 2 amide bonds. The van der Waals surface area contributed by atoms with E-state index in [1.54, 1.807) is 0 Å². The van der Waals surface area contributed by atoms with Crippen molar-refractivity contribution in [1.29, 1.82) is 5.26 Å². The molecule has 6 heteroatoms. The number of aryl methyl sites for hydroxylation is 2. The summed E-state index contributed by atoms with van der Waals surface area (Å²) in [6, 6.07) is 17.7. The van der Waals surface area contributed by atoms with E-state index < -0.39 is 11.2 Å². The van der Waals surface area contributed by atoms with Gasteiger partial charge in [0, 0.05) is 12.7 Å². The molecular formula is C23H23N3O2S. The molecule has 0 saturated carbocycles. The Kier molecular flexibility index (Phi) is 6.40. The van der Waals surface area contributed by atoms with E-state index in [1.165, 1.54) is 23.7 Å². The lowest BCUT2D eigenvalue weighted by molar-refractivity contribution is -0.117. The second kappa shape index (κ2) is 8.97. The van der Waals surface area contributed by atoms with Crippen LogP contribution in [0.15, 0.2) is 59.1 Å². The molecule has 148 valence electrons. The van der Waals surface area contributed by atoms with Gasteiger partial charge in [-0.3, -0.25) is 14.5 Å². The minimum Gasteiger partial charge on any atom is -0.354 e. The lowest BCUT2D eigenvalue weighted by atomic mass is 10.1. The summed E-state index contributed by atoms with van der Waals surface area (Å²) in [6.45, 7) is 4.08. The van der Waals surface area contributed by atoms with Crippen molar-refractivity contribution in [3.8, 4) is 6.07 Å². The number of likely N-dealkylation sites (N-methyl/N-ethyl adjacent to an activating group) is 1. The number of nitrogens with zero attached hydrogens (tertiary/aromatic N) is 2. The van der Waals surface area contributed by atoms with Crippen LogP contribution in [0.3, 0.4) is 0 Å². The molecule has 1 aliphatic heterocycles. The van der Waals surface area contributed by atoms with Crippen molar-refractivity contribution >= 4 is 29.3 Å².